The molecule has 1 aliphatic rings. The molecule has 0 bridgehead atoms. The predicted octanol–water partition coefficient (Wildman–Crippen LogP) is 1.97. The van der Waals surface area contributed by atoms with Crippen molar-refractivity contribution in [2.75, 3.05) is 13.1 Å². The number of carbonyl (C=O) groups is 1. The molecule has 1 amide bonds. The van der Waals surface area contributed by atoms with Crippen LogP contribution in [0, 0.1) is 0 Å². The number of aromatic nitrogens is 4. The van der Waals surface area contributed by atoms with Gasteiger partial charge in [-0.05, 0) is 24.6 Å². The van der Waals surface area contributed by atoms with Crippen molar-refractivity contribution in [1.82, 2.24) is 24.6 Å². The molecule has 1 atom stereocenters. The van der Waals surface area contributed by atoms with E-state index in [1.807, 2.05) is 34.0 Å². The quantitative estimate of drug-likeness (QED) is 0.726. The van der Waals surface area contributed by atoms with E-state index < -0.39 is 0 Å². The van der Waals surface area contributed by atoms with Gasteiger partial charge in [-0.3, -0.25) is 9.48 Å². The first-order valence-corrected chi connectivity index (χ1v) is 7.63. The van der Waals surface area contributed by atoms with Crippen LogP contribution in [0.1, 0.15) is 22.3 Å². The first-order valence-electron chi connectivity index (χ1n) is 6.81. The minimum Gasteiger partial charge on any atom is -0.334 e. The van der Waals surface area contributed by atoms with Crippen molar-refractivity contribution in [2.24, 2.45) is 0 Å². The third-order valence-corrected chi connectivity index (χ3v) is 4.67. The van der Waals surface area contributed by atoms with Crippen molar-refractivity contribution in [1.29, 1.82) is 0 Å². The summed E-state index contributed by atoms with van der Waals surface area (Å²) < 4.78 is 1.92. The molecule has 1 fully saturated rings. The van der Waals surface area contributed by atoms with Crippen molar-refractivity contribution in [2.45, 2.75) is 12.5 Å². The summed E-state index contributed by atoms with van der Waals surface area (Å²) in [5.74, 6) is -0.00680. The van der Waals surface area contributed by atoms with Gasteiger partial charge in [0.05, 0.1) is 6.04 Å². The van der Waals surface area contributed by atoms with Crippen LogP contribution in [0.5, 0.6) is 0 Å². The molecule has 0 N–H and O–H groups in total. The van der Waals surface area contributed by atoms with Crippen molar-refractivity contribution < 1.29 is 4.79 Å². The van der Waals surface area contributed by atoms with E-state index in [1.54, 1.807) is 12.4 Å². The van der Waals surface area contributed by atoms with Gasteiger partial charge < -0.3 is 4.90 Å². The highest BCUT2D eigenvalue weighted by Crippen LogP contribution is 2.25. The molecule has 7 heteroatoms. The zero-order valence-electron chi connectivity index (χ0n) is 11.2. The smallest absolute Gasteiger partial charge is 0.283 e. The molecule has 1 saturated heterocycles. The molecule has 4 rings (SSSR count). The molecule has 0 radical (unpaired) electrons. The molecule has 1 aliphatic heterocycles. The van der Waals surface area contributed by atoms with E-state index in [0.29, 0.717) is 11.6 Å². The number of fused-ring (bicyclic) bond motifs is 1. The van der Waals surface area contributed by atoms with Gasteiger partial charge in [-0.1, -0.05) is 11.3 Å². The summed E-state index contributed by atoms with van der Waals surface area (Å²) in [7, 11) is 0. The van der Waals surface area contributed by atoms with Crippen molar-refractivity contribution >= 4 is 27.6 Å². The molecule has 0 aliphatic carbocycles. The van der Waals surface area contributed by atoms with Gasteiger partial charge in [0.2, 0.25) is 0 Å². The Morgan fingerprint density at radius 2 is 2.29 bits per heavy atom. The molecule has 3 aromatic rings. The van der Waals surface area contributed by atoms with Crippen LogP contribution in [0.4, 0.5) is 0 Å². The maximum Gasteiger partial charge on any atom is 0.283 e. The zero-order chi connectivity index (χ0) is 14.2. The summed E-state index contributed by atoms with van der Waals surface area (Å²) in [6.07, 6.45) is 6.36. The number of amides is 1. The van der Waals surface area contributed by atoms with Crippen LogP contribution < -0.4 is 0 Å². The fraction of sp³-hybridized carbons (Fsp3) is 0.286. The number of carbonyl (C=O) groups excluding carboxylic acids is 1. The van der Waals surface area contributed by atoms with E-state index in [1.165, 1.54) is 11.3 Å². The van der Waals surface area contributed by atoms with Crippen molar-refractivity contribution in [3.63, 3.8) is 0 Å². The molecular formula is C14H13N5OS. The minimum absolute atomic E-state index is 0.00680. The van der Waals surface area contributed by atoms with E-state index in [0.717, 1.165) is 23.3 Å². The summed E-state index contributed by atoms with van der Waals surface area (Å²) >= 11 is 1.36. The van der Waals surface area contributed by atoms with E-state index in [-0.39, 0.29) is 11.9 Å². The highest BCUT2D eigenvalue weighted by Gasteiger charge is 2.29. The number of likely N-dealkylation sites (tertiary alicyclic amines) is 1. The lowest BCUT2D eigenvalue weighted by molar-refractivity contribution is 0.0787. The number of pyridine rings is 1. The summed E-state index contributed by atoms with van der Waals surface area (Å²) in [5.41, 5.74) is 0.786. The maximum absolute atomic E-state index is 12.5. The molecule has 21 heavy (non-hydrogen) atoms. The van der Waals surface area contributed by atoms with Gasteiger partial charge in [0.1, 0.15) is 10.3 Å². The van der Waals surface area contributed by atoms with Crippen LogP contribution >= 0.6 is 11.3 Å². The van der Waals surface area contributed by atoms with E-state index in [4.69, 9.17) is 0 Å². The number of hydrogen-bond acceptors (Lipinski definition) is 5. The Morgan fingerprint density at radius 1 is 1.33 bits per heavy atom. The van der Waals surface area contributed by atoms with Gasteiger partial charge in [0.25, 0.3) is 5.91 Å². The summed E-state index contributed by atoms with van der Waals surface area (Å²) in [5, 5.41) is 4.77. The fourth-order valence-corrected chi connectivity index (χ4v) is 3.51. The third-order valence-electron chi connectivity index (χ3n) is 3.70. The highest BCUT2D eigenvalue weighted by molar-refractivity contribution is 7.19. The molecular weight excluding hydrogens is 286 g/mol. The van der Waals surface area contributed by atoms with Crippen LogP contribution in [-0.2, 0) is 0 Å². The standard InChI is InChI=1S/C14H13N5OS/c20-14(13-17-11-3-1-5-15-12(11)21-13)18-8-4-10(9-18)19-7-2-6-16-19/h1-3,5-7,10H,4,8-9H2. The Hall–Kier alpha value is -2.28. The second kappa shape index (κ2) is 4.92. The van der Waals surface area contributed by atoms with Crippen LogP contribution in [0.3, 0.4) is 0 Å². The number of thiazole rings is 1. The second-order valence-corrected chi connectivity index (χ2v) is 6.00. The average Bonchev–Trinajstić information content (AvgIpc) is 3.24. The molecule has 1 unspecified atom stereocenters. The Bertz CT molecular complexity index is 749. The fourth-order valence-electron chi connectivity index (χ4n) is 2.64. The van der Waals surface area contributed by atoms with Crippen molar-refractivity contribution in [3.8, 4) is 0 Å². The normalized spacial score (nSPS) is 18.5. The lowest BCUT2D eigenvalue weighted by Gasteiger charge is -2.15. The Balaban J connectivity index is 1.55. The monoisotopic (exact) mass is 299 g/mol. The van der Waals surface area contributed by atoms with Gasteiger partial charge in [-0.15, -0.1) is 0 Å². The molecule has 106 valence electrons. The Labute approximate surface area is 125 Å². The largest absolute Gasteiger partial charge is 0.334 e. The number of rotatable bonds is 2. The SMILES string of the molecule is O=C(c1nc2cccnc2s1)N1CCC(n2cccn2)C1. The van der Waals surface area contributed by atoms with Crippen LogP contribution in [0.15, 0.2) is 36.8 Å². The average molecular weight is 299 g/mol. The van der Waals surface area contributed by atoms with Crippen LogP contribution in [0.25, 0.3) is 10.3 Å². The summed E-state index contributed by atoms with van der Waals surface area (Å²) in [4.78, 5) is 23.8. The summed E-state index contributed by atoms with van der Waals surface area (Å²) in [6, 6.07) is 5.88. The van der Waals surface area contributed by atoms with E-state index in [9.17, 15) is 4.79 Å². The molecule has 0 spiro atoms. The number of nitrogens with zero attached hydrogens (tertiary/aromatic N) is 5. The van der Waals surface area contributed by atoms with Gasteiger partial charge in [-0.25, -0.2) is 9.97 Å². The molecule has 6 nitrogen and oxygen atoms in total. The topological polar surface area (TPSA) is 63.9 Å². The zero-order valence-corrected chi connectivity index (χ0v) is 12.0. The number of hydrogen-bond donors (Lipinski definition) is 0. The molecule has 4 heterocycles. The second-order valence-electron chi connectivity index (χ2n) is 5.03. The van der Waals surface area contributed by atoms with Gasteiger partial charge in [0.15, 0.2) is 5.01 Å². The van der Waals surface area contributed by atoms with Crippen molar-refractivity contribution in [3.05, 3.63) is 41.8 Å². The molecule has 3 aromatic heterocycles. The highest BCUT2D eigenvalue weighted by atomic mass is 32.1. The summed E-state index contributed by atoms with van der Waals surface area (Å²) in [6.45, 7) is 1.43. The van der Waals surface area contributed by atoms with Crippen LogP contribution in [0.2, 0.25) is 0 Å². The third kappa shape index (κ3) is 2.19. The van der Waals surface area contributed by atoms with E-state index in [2.05, 4.69) is 15.1 Å². The van der Waals surface area contributed by atoms with Gasteiger partial charge in [-0.2, -0.15) is 5.10 Å². The van der Waals surface area contributed by atoms with Gasteiger partial charge in [0, 0.05) is 31.7 Å². The van der Waals surface area contributed by atoms with E-state index >= 15 is 0 Å². The van der Waals surface area contributed by atoms with Crippen LogP contribution in [-0.4, -0.2) is 43.6 Å². The minimum atomic E-state index is -0.00680. The Kier molecular flexibility index (Phi) is 2.92. The molecule has 0 saturated carbocycles. The molecule has 0 aromatic carbocycles. The first-order chi connectivity index (χ1) is 10.3. The Morgan fingerprint density at radius 3 is 3.10 bits per heavy atom. The lowest BCUT2D eigenvalue weighted by Crippen LogP contribution is -2.29. The maximum atomic E-state index is 12.5. The first kappa shape index (κ1) is 12.5. The van der Waals surface area contributed by atoms with Gasteiger partial charge >= 0.3 is 0 Å². The predicted molar refractivity (Wildman–Crippen MR) is 79.2 cm³/mol. The lowest BCUT2D eigenvalue weighted by atomic mass is 10.3.